The highest BCUT2D eigenvalue weighted by atomic mass is 15.3. The van der Waals surface area contributed by atoms with E-state index in [0.29, 0.717) is 29.5 Å². The fourth-order valence-electron chi connectivity index (χ4n) is 2.03. The van der Waals surface area contributed by atoms with Gasteiger partial charge in [-0.15, -0.1) is 35.7 Å². The van der Waals surface area contributed by atoms with E-state index >= 15 is 0 Å². The van der Waals surface area contributed by atoms with E-state index in [4.69, 9.17) is 0 Å². The zero-order valence-corrected chi connectivity index (χ0v) is 30.2. The molecular formula is C31H59N13. The highest BCUT2D eigenvalue weighted by Crippen LogP contribution is 2.07. The number of hydrogen-bond donors (Lipinski definition) is 0. The Morgan fingerprint density at radius 3 is 1.16 bits per heavy atom. The van der Waals surface area contributed by atoms with Gasteiger partial charge >= 0.3 is 0 Å². The summed E-state index contributed by atoms with van der Waals surface area (Å²) in [4.78, 5) is 11.8. The van der Waals surface area contributed by atoms with Crippen molar-refractivity contribution < 1.29 is 0 Å². The van der Waals surface area contributed by atoms with Crippen LogP contribution in [0.3, 0.4) is 0 Å². The van der Waals surface area contributed by atoms with Crippen molar-refractivity contribution >= 4 is 0 Å². The molecule has 0 aliphatic rings. The molecule has 44 heavy (non-hydrogen) atoms. The number of hydrogen-bond acceptors (Lipinski definition) is 13. The lowest BCUT2D eigenvalue weighted by Gasteiger charge is -1.98. The average molecular weight is 614 g/mol. The van der Waals surface area contributed by atoms with Gasteiger partial charge in [0.05, 0.1) is 30.0 Å². The van der Waals surface area contributed by atoms with Crippen molar-refractivity contribution in [3.8, 4) is 0 Å². The van der Waals surface area contributed by atoms with Crippen molar-refractivity contribution in [1.82, 2.24) is 65.9 Å². The third kappa shape index (κ3) is 26.8. The standard InChI is InChI=1S/3C6H9N3.C5H8N4.4C2H6/c1-5(2)6-3-8-9-4-7-6;1-5(2)6-3-7-4-8-9-6;1-5(2)6-7-3-4-8-9-6;1-4(2)5-8-6-3-7-9-5;4*1-2/h3*3-5H,1-2H3;3-4H,1-2H3;4*1-2H3. The van der Waals surface area contributed by atoms with Crippen LogP contribution in [0.25, 0.3) is 0 Å². The van der Waals surface area contributed by atoms with E-state index in [1.165, 1.54) is 19.0 Å². The topological polar surface area (TPSA) is 168 Å². The summed E-state index contributed by atoms with van der Waals surface area (Å²) in [6.45, 7) is 32.3. The van der Waals surface area contributed by atoms with E-state index < -0.39 is 0 Å². The predicted molar refractivity (Wildman–Crippen MR) is 179 cm³/mol. The van der Waals surface area contributed by atoms with Gasteiger partial charge in [0, 0.05) is 18.0 Å². The Hall–Kier alpha value is -4.03. The molecule has 13 nitrogen and oxygen atoms in total. The van der Waals surface area contributed by atoms with Gasteiger partial charge in [0.2, 0.25) is 0 Å². The maximum atomic E-state index is 4.00. The molecule has 4 aromatic rings. The van der Waals surface area contributed by atoms with Crippen LogP contribution < -0.4 is 0 Å². The normalized spacial score (nSPS) is 8.82. The quantitative estimate of drug-likeness (QED) is 0.222. The Balaban J connectivity index is -0.000000225. The van der Waals surface area contributed by atoms with E-state index in [1.807, 2.05) is 83.1 Å². The molecule has 0 aliphatic carbocycles. The minimum Gasteiger partial charge on any atom is -0.241 e. The van der Waals surface area contributed by atoms with Gasteiger partial charge in [-0.1, -0.05) is 111 Å². The second-order valence-corrected chi connectivity index (χ2v) is 8.59. The van der Waals surface area contributed by atoms with Gasteiger partial charge in [0.15, 0.2) is 18.0 Å². The van der Waals surface area contributed by atoms with Gasteiger partial charge < -0.3 is 0 Å². The first kappa shape index (κ1) is 46.9. The molecule has 0 unspecified atom stereocenters. The predicted octanol–water partition coefficient (Wildman–Crippen LogP) is 7.48. The first-order valence-electron chi connectivity index (χ1n) is 15.6. The van der Waals surface area contributed by atoms with Gasteiger partial charge in [-0.2, -0.15) is 15.3 Å². The summed E-state index contributed by atoms with van der Waals surface area (Å²) in [5, 5.41) is 37.0. The van der Waals surface area contributed by atoms with Crippen LogP contribution in [0.15, 0.2) is 43.8 Å². The summed E-state index contributed by atoms with van der Waals surface area (Å²) in [5.74, 6) is 3.05. The summed E-state index contributed by atoms with van der Waals surface area (Å²) in [5.41, 5.74) is 1.93. The van der Waals surface area contributed by atoms with Gasteiger partial charge in [-0.25, -0.2) is 15.0 Å². The van der Waals surface area contributed by atoms with Crippen molar-refractivity contribution in [3.05, 3.63) is 66.8 Å². The summed E-state index contributed by atoms with van der Waals surface area (Å²) in [6, 6.07) is 0. The van der Waals surface area contributed by atoms with E-state index in [2.05, 4.69) is 93.6 Å². The Morgan fingerprint density at radius 2 is 0.886 bits per heavy atom. The smallest absolute Gasteiger partial charge is 0.176 e. The Kier molecular flexibility index (Phi) is 37.5. The fourth-order valence-corrected chi connectivity index (χ4v) is 2.03. The molecule has 0 fully saturated rings. The second-order valence-electron chi connectivity index (χ2n) is 8.59. The summed E-state index contributed by atoms with van der Waals surface area (Å²) in [6.07, 6.45) is 10.9. The van der Waals surface area contributed by atoms with Gasteiger partial charge in [0.25, 0.3) is 0 Å². The Morgan fingerprint density at radius 1 is 0.386 bits per heavy atom. The summed E-state index contributed by atoms with van der Waals surface area (Å²) in [7, 11) is 0. The second kappa shape index (κ2) is 35.2. The largest absolute Gasteiger partial charge is 0.241 e. The van der Waals surface area contributed by atoms with Crippen molar-refractivity contribution in [2.75, 3.05) is 0 Å². The van der Waals surface area contributed by atoms with E-state index in [0.717, 1.165) is 17.2 Å². The maximum absolute atomic E-state index is 4.00. The molecule has 0 spiro atoms. The van der Waals surface area contributed by atoms with Gasteiger partial charge in [-0.05, 0) is 11.8 Å². The lowest BCUT2D eigenvalue weighted by molar-refractivity contribution is 0.689. The Bertz CT molecular complexity index is 863. The Labute approximate surface area is 267 Å². The zero-order valence-electron chi connectivity index (χ0n) is 30.2. The summed E-state index contributed by atoms with van der Waals surface area (Å²) >= 11 is 0. The van der Waals surface area contributed by atoms with Crippen molar-refractivity contribution in [1.29, 1.82) is 0 Å². The van der Waals surface area contributed by atoms with E-state index in [1.54, 1.807) is 24.8 Å². The third-order valence-corrected chi connectivity index (χ3v) is 4.15. The van der Waals surface area contributed by atoms with Crippen molar-refractivity contribution in [3.63, 3.8) is 0 Å². The minimum atomic E-state index is 0.311. The summed E-state index contributed by atoms with van der Waals surface area (Å²) < 4.78 is 0. The van der Waals surface area contributed by atoms with Crippen LogP contribution in [0.2, 0.25) is 0 Å². The zero-order chi connectivity index (χ0) is 34.8. The maximum Gasteiger partial charge on any atom is 0.176 e. The van der Waals surface area contributed by atoms with Crippen molar-refractivity contribution in [2.24, 2.45) is 0 Å². The van der Waals surface area contributed by atoms with E-state index in [-0.39, 0.29) is 0 Å². The third-order valence-electron chi connectivity index (χ3n) is 4.15. The van der Waals surface area contributed by atoms with Gasteiger partial charge in [0.1, 0.15) is 12.7 Å². The highest BCUT2D eigenvalue weighted by Gasteiger charge is 2.00. The monoisotopic (exact) mass is 614 g/mol. The molecule has 0 saturated heterocycles. The highest BCUT2D eigenvalue weighted by molar-refractivity contribution is 4.97. The molecule has 4 aromatic heterocycles. The van der Waals surface area contributed by atoms with Crippen LogP contribution in [0.5, 0.6) is 0 Å². The first-order valence-corrected chi connectivity index (χ1v) is 15.6. The van der Waals surface area contributed by atoms with E-state index in [9.17, 15) is 0 Å². The van der Waals surface area contributed by atoms with Crippen LogP contribution in [-0.2, 0) is 0 Å². The SMILES string of the molecule is CC.CC.CC.CC.CC(C)c1cncnn1.CC(C)c1cnncn1.CC(C)c1nccnn1.CC(C)c1nncnn1. The fraction of sp³-hybridized carbons (Fsp3) is 0.645. The lowest BCUT2D eigenvalue weighted by atomic mass is 10.1. The molecule has 0 saturated carbocycles. The molecule has 13 heteroatoms. The van der Waals surface area contributed by atoms with Crippen LogP contribution in [-0.4, -0.2) is 65.9 Å². The molecule has 0 radical (unpaired) electrons. The van der Waals surface area contributed by atoms with Gasteiger partial charge in [-0.3, -0.25) is 0 Å². The molecule has 4 heterocycles. The number of rotatable bonds is 4. The number of nitrogens with zero attached hydrogens (tertiary/aromatic N) is 13. The molecular weight excluding hydrogens is 554 g/mol. The average Bonchev–Trinajstić information content (AvgIpc) is 3.11. The molecule has 0 atom stereocenters. The first-order chi connectivity index (χ1) is 21.2. The molecule has 248 valence electrons. The molecule has 0 aliphatic heterocycles. The molecule has 0 aromatic carbocycles. The van der Waals surface area contributed by atoms with Crippen LogP contribution in [0, 0.1) is 0 Å². The van der Waals surface area contributed by atoms with Crippen LogP contribution >= 0.6 is 0 Å². The minimum absolute atomic E-state index is 0.311. The molecule has 0 amide bonds. The van der Waals surface area contributed by atoms with Crippen LogP contribution in [0.4, 0.5) is 0 Å². The number of aromatic nitrogens is 13. The molecule has 0 bridgehead atoms. The van der Waals surface area contributed by atoms with Crippen LogP contribution in [0.1, 0.15) is 157 Å². The van der Waals surface area contributed by atoms with Crippen molar-refractivity contribution in [2.45, 2.75) is 134 Å². The lowest BCUT2D eigenvalue weighted by Crippen LogP contribution is -1.99. The molecule has 4 rings (SSSR count). The molecule has 0 N–H and O–H groups in total.